The summed E-state index contributed by atoms with van der Waals surface area (Å²) in [6.45, 7) is 0. The first-order valence-electron chi connectivity index (χ1n) is 15.3. The summed E-state index contributed by atoms with van der Waals surface area (Å²) in [6.07, 6.45) is 4.85. The molecule has 4 heterocycles. The Bertz CT molecular complexity index is 2530. The maximum atomic E-state index is 12.9. The van der Waals surface area contributed by atoms with Gasteiger partial charge in [-0.05, 0) is 59.7 Å². The van der Waals surface area contributed by atoms with Crippen molar-refractivity contribution in [2.24, 2.45) is 20.4 Å². The average molecular weight is 850 g/mol. The molecule has 0 bridgehead atoms. The molecule has 287 valence electrons. The van der Waals surface area contributed by atoms with Gasteiger partial charge in [0.25, 0.3) is 20.2 Å². The Kier molecular flexibility index (Phi) is 14.1. The Morgan fingerprint density at radius 3 is 1.33 bits per heavy atom. The van der Waals surface area contributed by atoms with Crippen molar-refractivity contribution in [2.45, 2.75) is 9.79 Å². The van der Waals surface area contributed by atoms with Gasteiger partial charge in [0.1, 0.15) is 9.79 Å². The van der Waals surface area contributed by atoms with Gasteiger partial charge >= 0.3 is 23.8 Å². The van der Waals surface area contributed by atoms with Crippen LogP contribution in [0.5, 0.6) is 0 Å². The van der Waals surface area contributed by atoms with Gasteiger partial charge in [0.2, 0.25) is 11.4 Å². The van der Waals surface area contributed by atoms with Crippen molar-refractivity contribution in [3.05, 3.63) is 96.3 Å². The minimum atomic E-state index is -4.99. The topological polar surface area (TPSA) is 323 Å². The summed E-state index contributed by atoms with van der Waals surface area (Å²) in [4.78, 5) is 55.9. The van der Waals surface area contributed by atoms with Crippen LogP contribution in [0.25, 0.3) is 12.2 Å². The number of rotatable bonds is 12. The van der Waals surface area contributed by atoms with E-state index in [-0.39, 0.29) is 86.7 Å². The number of hydrogen-bond donors (Lipinski definition) is 6. The Hall–Kier alpha value is -5.77. The van der Waals surface area contributed by atoms with Crippen molar-refractivity contribution in [2.75, 3.05) is 20.9 Å². The summed E-state index contributed by atoms with van der Waals surface area (Å²) in [7, 11) is -9.99. The maximum Gasteiger partial charge on any atom is 0.358 e. The molecule has 0 saturated carbocycles. The summed E-state index contributed by atoms with van der Waals surface area (Å²) in [5.41, 5.74) is 1.21. The molecule has 3 radical (unpaired) electrons. The van der Waals surface area contributed by atoms with Gasteiger partial charge in [0.05, 0.1) is 11.4 Å². The van der Waals surface area contributed by atoms with Gasteiger partial charge in [-0.3, -0.25) is 29.5 Å². The predicted octanol–water partition coefficient (Wildman–Crippen LogP) is 0.889. The van der Waals surface area contributed by atoms with E-state index in [2.05, 4.69) is 41.2 Å². The fraction of sp³-hybridized carbons (Fsp3) is 0. The number of aromatic nitrogens is 2. The zero-order chi connectivity index (χ0) is 40.4. The fourth-order valence-electron chi connectivity index (χ4n) is 4.90. The molecule has 6 N–H and O–H groups in total. The number of pyridine rings is 2. The van der Waals surface area contributed by atoms with Crippen molar-refractivity contribution in [3.8, 4) is 0 Å². The molecule has 2 aromatic carbocycles. The van der Waals surface area contributed by atoms with Crippen LogP contribution in [0.15, 0.2) is 115 Å². The van der Waals surface area contributed by atoms with Gasteiger partial charge in [-0.25, -0.2) is 19.6 Å². The van der Waals surface area contributed by atoms with E-state index in [4.69, 9.17) is 0 Å². The van der Waals surface area contributed by atoms with Crippen molar-refractivity contribution in [3.63, 3.8) is 0 Å². The Morgan fingerprint density at radius 1 is 0.638 bits per heavy atom. The average Bonchev–Trinajstić information content (AvgIpc) is 3.68. The van der Waals surface area contributed by atoms with Crippen molar-refractivity contribution >= 4 is 155 Å². The monoisotopic (exact) mass is 849 g/mol. The van der Waals surface area contributed by atoms with Crippen LogP contribution >= 0.6 is 0 Å². The van der Waals surface area contributed by atoms with Gasteiger partial charge in [0, 0.05) is 65.0 Å². The van der Waals surface area contributed by atoms with Crippen LogP contribution in [0, 0.1) is 0 Å². The number of aliphatic carboxylic acids is 2. The Labute approximate surface area is 364 Å². The predicted molar refractivity (Wildman–Crippen MR) is 209 cm³/mol. The summed E-state index contributed by atoms with van der Waals surface area (Å²) in [5.74, 6) is -5.13. The van der Waals surface area contributed by atoms with E-state index in [1.54, 1.807) is 12.1 Å². The first kappa shape index (κ1) is 44.9. The number of hydrazone groups is 4. The van der Waals surface area contributed by atoms with E-state index in [0.717, 1.165) is 36.4 Å². The Balaban J connectivity index is 0.00000372. The van der Waals surface area contributed by atoms with Crippen LogP contribution in [0.4, 0.5) is 23.0 Å². The van der Waals surface area contributed by atoms with Crippen LogP contribution < -0.4 is 20.9 Å². The second-order valence-corrected chi connectivity index (χ2v) is 13.8. The second-order valence-electron chi connectivity index (χ2n) is 11.1. The third-order valence-electron chi connectivity index (χ3n) is 7.40. The molecule has 6 rings (SSSR count). The molecule has 0 unspecified atom stereocenters. The molecule has 22 nitrogen and oxygen atoms in total. The second kappa shape index (κ2) is 18.2. The number of carbonyl (C=O) groups excluding carboxylic acids is 2. The molecule has 0 aliphatic carbocycles. The molecular formula is C32H22MgN10NaO12S2. The maximum absolute atomic E-state index is 12.9. The van der Waals surface area contributed by atoms with Gasteiger partial charge in [0.15, 0.2) is 23.1 Å². The standard InChI is InChI=1S/C32H22N10O12S2.Mg.Na/c43-29-25(27(31(45)46)39-41(29)23-5-1-3-13-33-23)37-35-19-11-9-17(21(15-19)55(49,50)51)7-8-18-10-12-20(16-22(18)56(52,53)54)36-38-26-28(32(47)48)40-42(30(26)44)24-6-2-4-14-34-24;;/h1-16,35-36H,(H,45,46)(H,47,48)(H,49,50,51)(H,52,53,54);;/b8-7?,37-25+,38-26?;;. The summed E-state index contributed by atoms with van der Waals surface area (Å²) < 4.78 is 69.5. The molecule has 0 saturated heterocycles. The third-order valence-corrected chi connectivity index (χ3v) is 9.21. The van der Waals surface area contributed by atoms with E-state index in [9.17, 15) is 55.3 Å². The zero-order valence-electron chi connectivity index (χ0n) is 29.4. The number of anilines is 4. The summed E-state index contributed by atoms with van der Waals surface area (Å²) >= 11 is 0. The molecule has 4 aromatic rings. The number of amides is 2. The zero-order valence-corrected chi connectivity index (χ0v) is 34.4. The minimum absolute atomic E-state index is 0. The molecular weight excluding hydrogens is 828 g/mol. The fourth-order valence-corrected chi connectivity index (χ4v) is 6.32. The quantitative estimate of drug-likeness (QED) is 0.0499. The number of carboxylic acid groups (broad SMARTS) is 2. The van der Waals surface area contributed by atoms with Crippen LogP contribution in [0.1, 0.15) is 11.1 Å². The van der Waals surface area contributed by atoms with Crippen molar-refractivity contribution in [1.82, 2.24) is 9.97 Å². The number of carboxylic acids is 2. The Morgan fingerprint density at radius 2 is 1.02 bits per heavy atom. The first-order chi connectivity index (χ1) is 26.5. The summed E-state index contributed by atoms with van der Waals surface area (Å²) in [5, 5.41) is 35.7. The van der Waals surface area contributed by atoms with E-state index in [1.165, 1.54) is 48.8 Å². The SMILES string of the molecule is O=C(O)C1=NN(c2ccccn2)C(=O)C1=NNc1ccc(C=Cc2ccc(N/N=C3/C(=O)N(c4ccccn4)N=C3C(=O)O)cc2S(=O)(=O)O)c(S(=O)(=O)O)c1.[Mg].[Na]. The minimum Gasteiger partial charge on any atom is -0.476 e. The third kappa shape index (κ3) is 9.84. The number of carbonyl (C=O) groups is 4. The van der Waals surface area contributed by atoms with E-state index >= 15 is 0 Å². The van der Waals surface area contributed by atoms with Gasteiger partial charge in [-0.15, -0.1) is 0 Å². The van der Waals surface area contributed by atoms with Crippen molar-refractivity contribution < 1.29 is 55.3 Å². The molecule has 2 amide bonds. The molecule has 0 atom stereocenters. The van der Waals surface area contributed by atoms with Gasteiger partial charge < -0.3 is 10.2 Å². The first-order valence-corrected chi connectivity index (χ1v) is 18.1. The van der Waals surface area contributed by atoms with Crippen molar-refractivity contribution in [1.29, 1.82) is 0 Å². The van der Waals surface area contributed by atoms with E-state index in [0.29, 0.717) is 10.0 Å². The molecule has 2 aromatic heterocycles. The van der Waals surface area contributed by atoms with Crippen LogP contribution in [-0.2, 0) is 39.4 Å². The molecule has 2 aliphatic rings. The normalized spacial score (nSPS) is 15.6. The van der Waals surface area contributed by atoms with Gasteiger partial charge in [-0.2, -0.15) is 47.3 Å². The van der Waals surface area contributed by atoms with E-state index < -0.39 is 76.6 Å². The number of benzene rings is 2. The van der Waals surface area contributed by atoms with Crippen LogP contribution in [0.3, 0.4) is 0 Å². The van der Waals surface area contributed by atoms with Crippen LogP contribution in [-0.4, -0.2) is 145 Å². The number of nitrogens with one attached hydrogen (secondary N) is 2. The largest absolute Gasteiger partial charge is 0.476 e. The molecule has 58 heavy (non-hydrogen) atoms. The van der Waals surface area contributed by atoms with Crippen LogP contribution in [0.2, 0.25) is 0 Å². The molecule has 0 fully saturated rings. The van der Waals surface area contributed by atoms with E-state index in [1.807, 2.05) is 0 Å². The molecule has 2 aliphatic heterocycles. The molecule has 26 heteroatoms. The number of hydrogen-bond acceptors (Lipinski definition) is 16. The molecule has 0 spiro atoms. The summed E-state index contributed by atoms with van der Waals surface area (Å²) in [6, 6.07) is 15.5. The smallest absolute Gasteiger partial charge is 0.358 e. The van der Waals surface area contributed by atoms with Gasteiger partial charge in [-0.1, -0.05) is 36.4 Å². The number of nitrogens with zero attached hydrogens (tertiary/aromatic N) is 8.